The molecule has 2 aromatic heterocycles. The van der Waals surface area contributed by atoms with Crippen LogP contribution in [-0.4, -0.2) is 68.5 Å². The van der Waals surface area contributed by atoms with Crippen LogP contribution in [0.15, 0.2) is 18.5 Å². The smallest absolute Gasteiger partial charge is 0.323 e. The highest BCUT2D eigenvalue weighted by molar-refractivity contribution is 5.93. The lowest BCUT2D eigenvalue weighted by Gasteiger charge is -2.29. The number of esters is 2. The first-order valence-electron chi connectivity index (χ1n) is 15.4. The molecule has 4 N–H and O–H groups in total. The molecule has 0 bridgehead atoms. The molecular weight excluding hydrogens is 568 g/mol. The van der Waals surface area contributed by atoms with Gasteiger partial charge in [0.2, 0.25) is 11.5 Å². The maximum absolute atomic E-state index is 13.1. The third-order valence-corrected chi connectivity index (χ3v) is 8.47. The molecule has 13 heteroatoms. The molecule has 2 fully saturated rings. The lowest BCUT2D eigenvalue weighted by atomic mass is 9.87. The van der Waals surface area contributed by atoms with Crippen molar-refractivity contribution < 1.29 is 33.7 Å². The van der Waals surface area contributed by atoms with Crippen molar-refractivity contribution >= 4 is 29.2 Å². The zero-order chi connectivity index (χ0) is 32.1. The lowest BCUT2D eigenvalue weighted by molar-refractivity contribution is -0.163. The number of nitrogens with one attached hydrogen (secondary N) is 1. The zero-order valence-corrected chi connectivity index (χ0v) is 26.0. The molecular formula is C31H44N6O7. The Morgan fingerprint density at radius 2 is 2.00 bits per heavy atom. The van der Waals surface area contributed by atoms with E-state index in [4.69, 9.17) is 19.9 Å². The van der Waals surface area contributed by atoms with Gasteiger partial charge in [0.05, 0.1) is 5.69 Å². The van der Waals surface area contributed by atoms with E-state index >= 15 is 0 Å². The average Bonchev–Trinajstić information content (AvgIpc) is 3.71. The summed E-state index contributed by atoms with van der Waals surface area (Å²) >= 11 is 0. The Labute approximate surface area is 257 Å². The highest BCUT2D eigenvalue weighted by Crippen LogP contribution is 2.42. The van der Waals surface area contributed by atoms with Crippen molar-refractivity contribution in [1.82, 2.24) is 14.6 Å². The molecule has 44 heavy (non-hydrogen) atoms. The number of carbonyl (C=O) groups is 3. The molecule has 4 rings (SSSR count). The van der Waals surface area contributed by atoms with Gasteiger partial charge in [-0.25, -0.2) is 9.50 Å². The van der Waals surface area contributed by atoms with Gasteiger partial charge in [-0.1, -0.05) is 53.4 Å². The molecule has 0 radical (unpaired) electrons. The molecule has 0 unspecified atom stereocenters. The fourth-order valence-electron chi connectivity index (χ4n) is 5.73. The summed E-state index contributed by atoms with van der Waals surface area (Å²) in [5, 5.41) is 29.2. The zero-order valence-electron chi connectivity index (χ0n) is 26.0. The third kappa shape index (κ3) is 7.20. The van der Waals surface area contributed by atoms with Crippen molar-refractivity contribution in [1.29, 1.82) is 5.26 Å². The number of nitriles is 1. The summed E-state index contributed by atoms with van der Waals surface area (Å²) in [7, 11) is 0. The van der Waals surface area contributed by atoms with Gasteiger partial charge in [0.15, 0.2) is 11.9 Å². The van der Waals surface area contributed by atoms with Crippen LogP contribution in [-0.2, 0) is 34.2 Å². The van der Waals surface area contributed by atoms with E-state index in [-0.39, 0.29) is 36.4 Å². The summed E-state index contributed by atoms with van der Waals surface area (Å²) in [4.78, 5) is 42.4. The summed E-state index contributed by atoms with van der Waals surface area (Å²) in [5.74, 6) is -0.958. The summed E-state index contributed by atoms with van der Waals surface area (Å²) < 4.78 is 18.8. The van der Waals surface area contributed by atoms with Crippen molar-refractivity contribution in [2.75, 3.05) is 11.9 Å². The van der Waals surface area contributed by atoms with Crippen LogP contribution >= 0.6 is 0 Å². The first-order chi connectivity index (χ1) is 20.9. The fraction of sp³-hybridized carbons (Fsp3) is 0.677. The number of nitrogens with zero attached hydrogens (tertiary/aromatic N) is 4. The predicted molar refractivity (Wildman–Crippen MR) is 159 cm³/mol. The van der Waals surface area contributed by atoms with Gasteiger partial charge >= 0.3 is 11.9 Å². The molecule has 1 saturated heterocycles. The van der Waals surface area contributed by atoms with Crippen molar-refractivity contribution in [2.45, 2.75) is 115 Å². The van der Waals surface area contributed by atoms with Gasteiger partial charge in [-0.2, -0.15) is 10.4 Å². The van der Waals surface area contributed by atoms with E-state index in [1.807, 2.05) is 6.92 Å². The minimum Gasteiger partial charge on any atom is -0.463 e. The standard InChI is InChI=1S/C31H44N6O7/c1-5-6-7-12-23(38)36-28-20-13-14-22(37(20)35-18-34-28)31(17-32)27(40)25(43-29(41)26(33)30(2,3)4)21(44-31)16-42-24(39)15-19-10-8-9-11-19/h13-14,18-19,21,25-27,40H,5-12,15-16,33H2,1-4H3,(H,34,35,36,38)/t21-,25-,26-,27-,31+/m1/s1. The fourth-order valence-corrected chi connectivity index (χ4v) is 5.73. The monoisotopic (exact) mass is 612 g/mol. The number of aliphatic hydroxyl groups is 1. The number of hydrogen-bond donors (Lipinski definition) is 3. The molecule has 240 valence electrons. The second kappa shape index (κ2) is 14.0. The van der Waals surface area contributed by atoms with E-state index in [2.05, 4.69) is 21.5 Å². The first-order valence-corrected chi connectivity index (χ1v) is 15.4. The number of unbranched alkanes of at least 4 members (excludes halogenated alkanes) is 2. The van der Waals surface area contributed by atoms with Crippen LogP contribution in [0, 0.1) is 22.7 Å². The minimum atomic E-state index is -2.08. The Kier molecular flexibility index (Phi) is 10.6. The van der Waals surface area contributed by atoms with Crippen LogP contribution in [0.1, 0.15) is 91.2 Å². The Morgan fingerprint density at radius 1 is 1.27 bits per heavy atom. The van der Waals surface area contributed by atoms with Crippen LogP contribution in [0.5, 0.6) is 0 Å². The molecule has 2 aliphatic rings. The van der Waals surface area contributed by atoms with Gasteiger partial charge < -0.3 is 30.4 Å². The topological polar surface area (TPSA) is 191 Å². The number of aromatic nitrogens is 3. The second-order valence-corrected chi connectivity index (χ2v) is 12.9. The van der Waals surface area contributed by atoms with Crippen LogP contribution in [0.3, 0.4) is 0 Å². The number of carbonyl (C=O) groups excluding carboxylic acids is 3. The molecule has 0 spiro atoms. The summed E-state index contributed by atoms with van der Waals surface area (Å²) in [6.07, 6.45) is 4.22. The molecule has 5 atom stereocenters. The molecule has 1 amide bonds. The number of rotatable bonds is 12. The molecule has 3 heterocycles. The van der Waals surface area contributed by atoms with E-state index in [0.29, 0.717) is 11.9 Å². The van der Waals surface area contributed by atoms with Gasteiger partial charge in [-0.3, -0.25) is 14.4 Å². The van der Waals surface area contributed by atoms with Crippen LogP contribution < -0.4 is 11.1 Å². The van der Waals surface area contributed by atoms with Crippen molar-refractivity contribution in [3.63, 3.8) is 0 Å². The molecule has 2 aromatic rings. The van der Waals surface area contributed by atoms with Gasteiger partial charge in [0.25, 0.3) is 0 Å². The normalized spacial score (nSPS) is 24.6. The van der Waals surface area contributed by atoms with E-state index in [9.17, 15) is 24.8 Å². The van der Waals surface area contributed by atoms with Gasteiger partial charge in [-0.05, 0) is 42.7 Å². The van der Waals surface area contributed by atoms with Gasteiger partial charge in [-0.15, -0.1) is 0 Å². The quantitative estimate of drug-likeness (QED) is 0.236. The largest absolute Gasteiger partial charge is 0.463 e. The van der Waals surface area contributed by atoms with Crippen LogP contribution in [0.2, 0.25) is 0 Å². The average molecular weight is 613 g/mol. The Hall–Kier alpha value is -3.60. The van der Waals surface area contributed by atoms with Gasteiger partial charge in [0.1, 0.15) is 42.8 Å². The van der Waals surface area contributed by atoms with E-state index in [1.54, 1.807) is 26.8 Å². The van der Waals surface area contributed by atoms with Crippen molar-refractivity contribution in [3.8, 4) is 6.07 Å². The predicted octanol–water partition coefficient (Wildman–Crippen LogP) is 3.14. The van der Waals surface area contributed by atoms with Crippen LogP contribution in [0.25, 0.3) is 5.52 Å². The van der Waals surface area contributed by atoms with E-state index < -0.39 is 47.3 Å². The number of ether oxygens (including phenoxy) is 3. The SMILES string of the molecule is CCCCCC(=O)Nc1ncnn2c([C@]3(C#N)O[C@H](COC(=O)CC4CCCC4)[C@@H](OC(=O)[C@@H](N)C(C)(C)C)[C@H]3O)ccc12. The first kappa shape index (κ1) is 33.3. The summed E-state index contributed by atoms with van der Waals surface area (Å²) in [6, 6.07) is 4.13. The number of anilines is 1. The molecule has 1 aliphatic heterocycles. The number of aliphatic hydroxyl groups excluding tert-OH is 1. The second-order valence-electron chi connectivity index (χ2n) is 12.9. The molecule has 13 nitrogen and oxygen atoms in total. The molecule has 0 aromatic carbocycles. The maximum Gasteiger partial charge on any atom is 0.323 e. The van der Waals surface area contributed by atoms with Crippen LogP contribution in [0.4, 0.5) is 5.82 Å². The third-order valence-electron chi connectivity index (χ3n) is 8.47. The summed E-state index contributed by atoms with van der Waals surface area (Å²) in [6.45, 7) is 7.01. The van der Waals surface area contributed by atoms with Gasteiger partial charge in [0, 0.05) is 12.8 Å². The van der Waals surface area contributed by atoms with E-state index in [1.165, 1.54) is 16.9 Å². The molecule has 1 aliphatic carbocycles. The van der Waals surface area contributed by atoms with Crippen molar-refractivity contribution in [2.24, 2.45) is 17.1 Å². The number of nitrogens with two attached hydrogens (primary N) is 1. The lowest BCUT2D eigenvalue weighted by Crippen LogP contribution is -2.49. The Balaban J connectivity index is 1.62. The van der Waals surface area contributed by atoms with Crippen molar-refractivity contribution in [3.05, 3.63) is 24.2 Å². The highest BCUT2D eigenvalue weighted by Gasteiger charge is 2.60. The summed E-state index contributed by atoms with van der Waals surface area (Å²) in [5.41, 5.74) is 3.89. The van der Waals surface area contributed by atoms with E-state index in [0.717, 1.165) is 44.9 Å². The highest BCUT2D eigenvalue weighted by atomic mass is 16.6. The number of amides is 1. The number of fused-ring (bicyclic) bond motifs is 1. The number of hydrogen-bond acceptors (Lipinski definition) is 11. The Bertz CT molecular complexity index is 1380. The Morgan fingerprint density at radius 3 is 2.66 bits per heavy atom. The molecule has 1 saturated carbocycles. The minimum absolute atomic E-state index is 0.118. The maximum atomic E-state index is 13.1.